The first kappa shape index (κ1) is 14.9. The molecule has 0 unspecified atom stereocenters. The Kier molecular flexibility index (Phi) is 3.36. The molecule has 124 valence electrons. The number of methoxy groups -OCH3 is 1. The Morgan fingerprint density at radius 3 is 2.08 bits per heavy atom. The van der Waals surface area contributed by atoms with Crippen LogP contribution >= 0.6 is 0 Å². The highest BCUT2D eigenvalue weighted by molar-refractivity contribution is 6.13. The second-order valence-electron chi connectivity index (χ2n) is 6.38. The number of ether oxygens (including phenoxy) is 1. The largest absolute Gasteiger partial charge is 0.496 e. The maximum absolute atomic E-state index is 5.56. The predicted molar refractivity (Wildman–Crippen MR) is 109 cm³/mol. The molecule has 0 fully saturated rings. The van der Waals surface area contributed by atoms with Gasteiger partial charge in [-0.25, -0.2) is 4.98 Å². The van der Waals surface area contributed by atoms with Gasteiger partial charge in [-0.1, -0.05) is 72.8 Å². The molecular formula is C24H17NO. The molecule has 0 saturated carbocycles. The number of hydrogen-bond donors (Lipinski definition) is 0. The summed E-state index contributed by atoms with van der Waals surface area (Å²) in [6.07, 6.45) is 0. The van der Waals surface area contributed by atoms with E-state index in [0.29, 0.717) is 0 Å². The smallest absolute Gasteiger partial charge is 0.126 e. The van der Waals surface area contributed by atoms with Crippen LogP contribution in [0.3, 0.4) is 0 Å². The molecule has 0 N–H and O–H groups in total. The van der Waals surface area contributed by atoms with E-state index in [1.807, 2.05) is 18.2 Å². The van der Waals surface area contributed by atoms with E-state index in [4.69, 9.17) is 9.72 Å². The first-order valence-electron chi connectivity index (χ1n) is 8.70. The molecule has 4 aromatic carbocycles. The molecule has 0 aliphatic rings. The number of benzene rings is 4. The maximum atomic E-state index is 5.56. The van der Waals surface area contributed by atoms with Crippen LogP contribution in [0.15, 0.2) is 84.9 Å². The van der Waals surface area contributed by atoms with E-state index in [0.717, 1.165) is 33.3 Å². The number of pyridine rings is 1. The van der Waals surface area contributed by atoms with Crippen molar-refractivity contribution in [3.05, 3.63) is 84.9 Å². The fourth-order valence-corrected chi connectivity index (χ4v) is 3.77. The van der Waals surface area contributed by atoms with Crippen LogP contribution in [0.25, 0.3) is 43.7 Å². The Morgan fingerprint density at radius 2 is 1.23 bits per heavy atom. The van der Waals surface area contributed by atoms with Crippen LogP contribution in [0, 0.1) is 0 Å². The number of fused-ring (bicyclic) bond motifs is 4. The molecule has 0 bridgehead atoms. The monoisotopic (exact) mass is 335 g/mol. The van der Waals surface area contributed by atoms with Gasteiger partial charge in [0, 0.05) is 21.7 Å². The number of hydrogen-bond acceptors (Lipinski definition) is 2. The summed E-state index contributed by atoms with van der Waals surface area (Å²) < 4.78 is 5.56. The topological polar surface area (TPSA) is 22.1 Å². The third kappa shape index (κ3) is 2.16. The quantitative estimate of drug-likeness (QED) is 0.357. The summed E-state index contributed by atoms with van der Waals surface area (Å²) in [6, 6.07) is 29.3. The molecule has 1 heterocycles. The van der Waals surface area contributed by atoms with Crippen molar-refractivity contribution in [3.8, 4) is 17.0 Å². The minimum atomic E-state index is 0.884. The van der Waals surface area contributed by atoms with Gasteiger partial charge in [-0.2, -0.15) is 0 Å². The fraction of sp³-hybridized carbons (Fsp3) is 0.0417. The zero-order valence-corrected chi connectivity index (χ0v) is 14.4. The van der Waals surface area contributed by atoms with Crippen molar-refractivity contribution in [3.63, 3.8) is 0 Å². The molecule has 5 aromatic rings. The first-order valence-corrected chi connectivity index (χ1v) is 8.70. The summed E-state index contributed by atoms with van der Waals surface area (Å²) in [5.41, 5.74) is 3.16. The second kappa shape index (κ2) is 5.85. The third-order valence-corrected chi connectivity index (χ3v) is 4.97. The van der Waals surface area contributed by atoms with Gasteiger partial charge in [-0.3, -0.25) is 0 Å². The highest BCUT2D eigenvalue weighted by Gasteiger charge is 2.13. The van der Waals surface area contributed by atoms with Gasteiger partial charge in [0.05, 0.1) is 18.3 Å². The summed E-state index contributed by atoms with van der Waals surface area (Å²) in [6.45, 7) is 0. The Hall–Kier alpha value is -3.39. The molecule has 0 aliphatic carbocycles. The summed E-state index contributed by atoms with van der Waals surface area (Å²) >= 11 is 0. The lowest BCUT2D eigenvalue weighted by atomic mass is 9.96. The molecule has 0 aliphatic heterocycles. The van der Waals surface area contributed by atoms with E-state index in [1.165, 1.54) is 16.2 Å². The zero-order valence-electron chi connectivity index (χ0n) is 14.4. The molecule has 1 aromatic heterocycles. The van der Waals surface area contributed by atoms with Gasteiger partial charge < -0.3 is 4.74 Å². The van der Waals surface area contributed by atoms with E-state index < -0.39 is 0 Å². The van der Waals surface area contributed by atoms with Gasteiger partial charge >= 0.3 is 0 Å². The van der Waals surface area contributed by atoms with Crippen LogP contribution in [0.2, 0.25) is 0 Å². The van der Waals surface area contributed by atoms with Crippen LogP contribution in [0.5, 0.6) is 5.75 Å². The molecule has 0 spiro atoms. The average Bonchev–Trinajstić information content (AvgIpc) is 2.72. The van der Waals surface area contributed by atoms with Crippen molar-refractivity contribution < 1.29 is 4.74 Å². The normalized spacial score (nSPS) is 11.3. The number of aromatic nitrogens is 1. The Labute approximate surface area is 151 Å². The van der Waals surface area contributed by atoms with Gasteiger partial charge in [-0.15, -0.1) is 0 Å². The minimum absolute atomic E-state index is 0.884. The Balaban J connectivity index is 1.94. The van der Waals surface area contributed by atoms with Crippen LogP contribution in [-0.2, 0) is 0 Å². The number of nitrogens with zero attached hydrogens (tertiary/aromatic N) is 1. The highest BCUT2D eigenvalue weighted by atomic mass is 16.5. The zero-order chi connectivity index (χ0) is 17.5. The standard InChI is InChI=1S/C24H17NO/c1-26-23-15-7-11-17-19(23)12-6-13-21(17)24-20-10-3-2-8-16(20)18-9-4-5-14-22(18)25-24/h2-15H,1H3. The van der Waals surface area contributed by atoms with Crippen LogP contribution in [0.1, 0.15) is 0 Å². The van der Waals surface area contributed by atoms with Gasteiger partial charge in [0.25, 0.3) is 0 Å². The van der Waals surface area contributed by atoms with Gasteiger partial charge in [0.2, 0.25) is 0 Å². The Morgan fingerprint density at radius 1 is 0.577 bits per heavy atom. The number of rotatable bonds is 2. The molecule has 26 heavy (non-hydrogen) atoms. The summed E-state index contributed by atoms with van der Waals surface area (Å²) in [7, 11) is 1.71. The summed E-state index contributed by atoms with van der Waals surface area (Å²) in [5.74, 6) is 0.884. The first-order chi connectivity index (χ1) is 12.9. The molecule has 2 nitrogen and oxygen atoms in total. The average molecular weight is 335 g/mol. The molecule has 5 rings (SSSR count). The van der Waals surface area contributed by atoms with E-state index in [-0.39, 0.29) is 0 Å². The molecule has 0 saturated heterocycles. The second-order valence-corrected chi connectivity index (χ2v) is 6.38. The van der Waals surface area contributed by atoms with E-state index in [2.05, 4.69) is 66.7 Å². The van der Waals surface area contributed by atoms with Crippen LogP contribution in [-0.4, -0.2) is 12.1 Å². The van der Waals surface area contributed by atoms with Crippen molar-refractivity contribution in [2.45, 2.75) is 0 Å². The third-order valence-electron chi connectivity index (χ3n) is 4.97. The Bertz CT molecular complexity index is 1270. The van der Waals surface area contributed by atoms with Crippen molar-refractivity contribution in [1.29, 1.82) is 0 Å². The van der Waals surface area contributed by atoms with E-state index >= 15 is 0 Å². The lowest BCUT2D eigenvalue weighted by molar-refractivity contribution is 0.420. The van der Waals surface area contributed by atoms with Crippen LogP contribution in [0.4, 0.5) is 0 Å². The lowest BCUT2D eigenvalue weighted by Crippen LogP contribution is -1.91. The van der Waals surface area contributed by atoms with E-state index in [1.54, 1.807) is 7.11 Å². The molecule has 0 radical (unpaired) electrons. The molecule has 0 amide bonds. The molecular weight excluding hydrogens is 318 g/mol. The van der Waals surface area contributed by atoms with E-state index in [9.17, 15) is 0 Å². The lowest BCUT2D eigenvalue weighted by Gasteiger charge is -2.13. The summed E-state index contributed by atoms with van der Waals surface area (Å²) in [4.78, 5) is 5.04. The van der Waals surface area contributed by atoms with Crippen molar-refractivity contribution in [2.24, 2.45) is 0 Å². The molecule has 0 atom stereocenters. The number of para-hydroxylation sites is 1. The fourth-order valence-electron chi connectivity index (χ4n) is 3.77. The highest BCUT2D eigenvalue weighted by Crippen LogP contribution is 2.37. The van der Waals surface area contributed by atoms with Crippen molar-refractivity contribution in [2.75, 3.05) is 7.11 Å². The van der Waals surface area contributed by atoms with Crippen LogP contribution < -0.4 is 4.74 Å². The SMILES string of the molecule is COc1cccc2c(-c3nc4ccccc4c4ccccc34)cccc12. The predicted octanol–water partition coefficient (Wildman–Crippen LogP) is 6.22. The summed E-state index contributed by atoms with van der Waals surface area (Å²) in [5, 5.41) is 5.84. The van der Waals surface area contributed by atoms with Gasteiger partial charge in [0.15, 0.2) is 0 Å². The maximum Gasteiger partial charge on any atom is 0.126 e. The van der Waals surface area contributed by atoms with Gasteiger partial charge in [-0.05, 0) is 22.9 Å². The van der Waals surface area contributed by atoms with Gasteiger partial charge in [0.1, 0.15) is 5.75 Å². The van der Waals surface area contributed by atoms with Crippen molar-refractivity contribution >= 4 is 32.4 Å². The van der Waals surface area contributed by atoms with Crippen molar-refractivity contribution in [1.82, 2.24) is 4.98 Å². The molecule has 2 heteroatoms. The minimum Gasteiger partial charge on any atom is -0.496 e.